The number of hydrogen-bond donors (Lipinski definition) is 2. The van der Waals surface area contributed by atoms with Gasteiger partial charge in [-0.25, -0.2) is 0 Å². The van der Waals surface area contributed by atoms with Crippen molar-refractivity contribution in [3.05, 3.63) is 51.5 Å². The summed E-state index contributed by atoms with van der Waals surface area (Å²) in [5.41, 5.74) is 5.52. The minimum absolute atomic E-state index is 0.516. The number of hydrazine groups is 1. The highest BCUT2D eigenvalue weighted by molar-refractivity contribution is 7.99. The monoisotopic (exact) mass is 312 g/mol. The lowest BCUT2D eigenvalue weighted by molar-refractivity contribution is 1.28. The second kappa shape index (κ2) is 6.06. The third kappa shape index (κ3) is 3.57. The maximum absolute atomic E-state index is 6.12. The van der Waals surface area contributed by atoms with Crippen LogP contribution >= 0.6 is 35.0 Å². The van der Waals surface area contributed by atoms with Gasteiger partial charge in [-0.1, -0.05) is 41.0 Å². The summed E-state index contributed by atoms with van der Waals surface area (Å²) in [6.45, 7) is 4.16. The van der Waals surface area contributed by atoms with Gasteiger partial charge < -0.3 is 5.43 Å². The lowest BCUT2D eigenvalue weighted by atomic mass is 10.2. The molecule has 2 nitrogen and oxygen atoms in total. The van der Waals surface area contributed by atoms with E-state index >= 15 is 0 Å². The summed E-state index contributed by atoms with van der Waals surface area (Å²) in [5, 5.41) is 1.03. The molecule has 2 aromatic carbocycles. The van der Waals surface area contributed by atoms with Gasteiger partial charge in [0.1, 0.15) is 0 Å². The second-order valence-corrected chi connectivity index (χ2v) is 6.29. The Balaban J connectivity index is 2.33. The molecule has 5 heteroatoms. The zero-order valence-electron chi connectivity index (χ0n) is 10.6. The first-order valence-corrected chi connectivity index (χ1v) is 7.28. The first kappa shape index (κ1) is 14.5. The zero-order valence-corrected chi connectivity index (χ0v) is 13.0. The molecule has 2 rings (SSSR count). The Morgan fingerprint density at radius 2 is 1.37 bits per heavy atom. The highest BCUT2D eigenvalue weighted by Gasteiger charge is 2.08. The van der Waals surface area contributed by atoms with Crippen molar-refractivity contribution in [2.75, 3.05) is 5.43 Å². The minimum Gasteiger partial charge on any atom is -0.321 e. The van der Waals surface area contributed by atoms with Crippen LogP contribution in [0.25, 0.3) is 0 Å². The van der Waals surface area contributed by atoms with Gasteiger partial charge in [-0.2, -0.15) is 0 Å². The largest absolute Gasteiger partial charge is 0.321 e. The van der Waals surface area contributed by atoms with Crippen LogP contribution in [0.1, 0.15) is 11.1 Å². The van der Waals surface area contributed by atoms with Crippen molar-refractivity contribution in [1.82, 2.24) is 0 Å². The second-order valence-electron chi connectivity index (χ2n) is 4.33. The third-order valence-corrected chi connectivity index (χ3v) is 4.13. The lowest BCUT2D eigenvalue weighted by Gasteiger charge is -2.10. The van der Waals surface area contributed by atoms with Crippen molar-refractivity contribution >= 4 is 40.7 Å². The molecular formula is C14H14Cl2N2S. The van der Waals surface area contributed by atoms with Gasteiger partial charge in [-0.05, 0) is 49.2 Å². The summed E-state index contributed by atoms with van der Waals surface area (Å²) < 4.78 is 0. The molecule has 0 spiro atoms. The highest BCUT2D eigenvalue weighted by Crippen LogP contribution is 2.37. The molecule has 2 aromatic rings. The molecule has 0 aromatic heterocycles. The van der Waals surface area contributed by atoms with E-state index < -0.39 is 0 Å². The van der Waals surface area contributed by atoms with E-state index in [0.29, 0.717) is 15.7 Å². The number of benzene rings is 2. The quantitative estimate of drug-likeness (QED) is 0.615. The Morgan fingerprint density at radius 1 is 0.895 bits per heavy atom. The molecule has 0 atom stereocenters. The van der Waals surface area contributed by atoms with E-state index in [2.05, 4.69) is 37.5 Å². The van der Waals surface area contributed by atoms with Crippen LogP contribution in [0.15, 0.2) is 40.1 Å². The molecule has 3 N–H and O–H groups in total. The number of aryl methyl sites for hydroxylation is 2. The summed E-state index contributed by atoms with van der Waals surface area (Å²) in [6, 6.07) is 10.1. The maximum Gasteiger partial charge on any atom is 0.0861 e. The smallest absolute Gasteiger partial charge is 0.0861 e. The van der Waals surface area contributed by atoms with E-state index in [9.17, 15) is 0 Å². The van der Waals surface area contributed by atoms with Gasteiger partial charge in [0.05, 0.1) is 15.7 Å². The normalized spacial score (nSPS) is 10.6. The zero-order chi connectivity index (χ0) is 14.0. The van der Waals surface area contributed by atoms with Crippen LogP contribution in [0.5, 0.6) is 0 Å². The fourth-order valence-corrected chi connectivity index (χ4v) is 3.72. The Hall–Kier alpha value is -0.870. The van der Waals surface area contributed by atoms with Crippen LogP contribution in [0.2, 0.25) is 10.0 Å². The minimum atomic E-state index is 0.516. The van der Waals surface area contributed by atoms with Crippen molar-refractivity contribution in [3.63, 3.8) is 0 Å². The van der Waals surface area contributed by atoms with E-state index in [1.54, 1.807) is 11.8 Å². The van der Waals surface area contributed by atoms with Crippen LogP contribution in [0.4, 0.5) is 5.69 Å². The molecule has 0 fully saturated rings. The summed E-state index contributed by atoms with van der Waals surface area (Å²) in [5.74, 6) is 5.37. The van der Waals surface area contributed by atoms with Gasteiger partial charge in [-0.15, -0.1) is 0 Å². The molecule has 100 valence electrons. The van der Waals surface area contributed by atoms with Gasteiger partial charge in [-0.3, -0.25) is 5.84 Å². The van der Waals surface area contributed by atoms with Gasteiger partial charge >= 0.3 is 0 Å². The van der Waals surface area contributed by atoms with Gasteiger partial charge in [0.25, 0.3) is 0 Å². The molecular weight excluding hydrogens is 299 g/mol. The van der Waals surface area contributed by atoms with Crippen molar-refractivity contribution in [2.24, 2.45) is 5.84 Å². The van der Waals surface area contributed by atoms with Gasteiger partial charge in [0.15, 0.2) is 0 Å². The molecule has 0 aliphatic carbocycles. The van der Waals surface area contributed by atoms with E-state index in [0.717, 1.165) is 9.79 Å². The van der Waals surface area contributed by atoms with Gasteiger partial charge in [0.2, 0.25) is 0 Å². The number of anilines is 1. The Morgan fingerprint density at radius 3 is 1.84 bits per heavy atom. The van der Waals surface area contributed by atoms with Crippen LogP contribution in [0, 0.1) is 13.8 Å². The summed E-state index contributed by atoms with van der Waals surface area (Å²) >= 11 is 13.9. The predicted octanol–water partition coefficient (Wildman–Crippen LogP) is 5.05. The molecule has 0 radical (unpaired) electrons. The number of rotatable bonds is 3. The summed E-state index contributed by atoms with van der Waals surface area (Å²) in [4.78, 5) is 2.15. The molecule has 0 bridgehead atoms. The van der Waals surface area contributed by atoms with Crippen LogP contribution < -0.4 is 11.3 Å². The molecule has 0 amide bonds. The first-order valence-electron chi connectivity index (χ1n) is 5.71. The number of halogens is 2. The fourth-order valence-electron chi connectivity index (χ4n) is 1.87. The summed E-state index contributed by atoms with van der Waals surface area (Å²) in [7, 11) is 0. The molecule has 0 saturated heterocycles. The average Bonchev–Trinajstić information content (AvgIpc) is 2.26. The van der Waals surface area contributed by atoms with E-state index in [4.69, 9.17) is 29.0 Å². The van der Waals surface area contributed by atoms with Crippen LogP contribution in [-0.2, 0) is 0 Å². The van der Waals surface area contributed by atoms with E-state index in [1.807, 2.05) is 12.1 Å². The predicted molar refractivity (Wildman–Crippen MR) is 84.3 cm³/mol. The molecule has 0 aliphatic rings. The Kier molecular flexibility index (Phi) is 4.63. The van der Waals surface area contributed by atoms with Gasteiger partial charge in [0, 0.05) is 9.79 Å². The molecule has 0 heterocycles. The average molecular weight is 313 g/mol. The topological polar surface area (TPSA) is 38.0 Å². The van der Waals surface area contributed by atoms with Crippen molar-refractivity contribution in [3.8, 4) is 0 Å². The number of nitrogens with one attached hydrogen (secondary N) is 1. The summed E-state index contributed by atoms with van der Waals surface area (Å²) in [6.07, 6.45) is 0. The molecule has 0 aliphatic heterocycles. The number of hydrogen-bond acceptors (Lipinski definition) is 3. The Bertz CT molecular complexity index is 571. The lowest BCUT2D eigenvalue weighted by Crippen LogP contribution is -2.07. The van der Waals surface area contributed by atoms with Crippen molar-refractivity contribution in [2.45, 2.75) is 23.6 Å². The Labute approximate surface area is 127 Å². The van der Waals surface area contributed by atoms with E-state index in [-0.39, 0.29) is 0 Å². The maximum atomic E-state index is 6.12. The van der Waals surface area contributed by atoms with Crippen molar-refractivity contribution in [1.29, 1.82) is 0 Å². The molecule has 19 heavy (non-hydrogen) atoms. The van der Waals surface area contributed by atoms with Crippen molar-refractivity contribution < 1.29 is 0 Å². The highest BCUT2D eigenvalue weighted by atomic mass is 35.5. The van der Waals surface area contributed by atoms with Crippen LogP contribution in [-0.4, -0.2) is 0 Å². The molecule has 0 saturated carbocycles. The molecule has 0 unspecified atom stereocenters. The van der Waals surface area contributed by atoms with Crippen LogP contribution in [0.3, 0.4) is 0 Å². The standard InChI is InChI=1S/C14H14Cl2N2S/c1-8-3-9(2)5-10(4-8)19-11-6-12(15)14(18-17)13(16)7-11/h3-7,18H,17H2,1-2H3. The van der Waals surface area contributed by atoms with E-state index in [1.165, 1.54) is 11.1 Å². The first-order chi connectivity index (χ1) is 8.99. The third-order valence-electron chi connectivity index (χ3n) is 2.59. The number of nitrogen functional groups attached to an aromatic ring is 1. The number of nitrogens with two attached hydrogens (primary N) is 1. The fraction of sp³-hybridized carbons (Fsp3) is 0.143. The SMILES string of the molecule is Cc1cc(C)cc(Sc2cc(Cl)c(NN)c(Cl)c2)c1.